The number of anilines is 1. The van der Waals surface area contributed by atoms with E-state index in [0.717, 1.165) is 4.47 Å². The van der Waals surface area contributed by atoms with Gasteiger partial charge in [-0.05, 0) is 24.3 Å². The van der Waals surface area contributed by atoms with Crippen molar-refractivity contribution in [1.29, 1.82) is 0 Å². The summed E-state index contributed by atoms with van der Waals surface area (Å²) in [4.78, 5) is 15.5. The number of hydrogen-bond acceptors (Lipinski definition) is 4. The molecule has 1 aromatic rings. The molecule has 0 radical (unpaired) electrons. The molecule has 94 valence electrons. The largest absolute Gasteiger partial charge is 0.326 e. The number of nitrogens with one attached hydrogen (secondary N) is 1. The van der Waals surface area contributed by atoms with E-state index in [4.69, 9.17) is 0 Å². The first-order chi connectivity index (χ1) is 7.87. The minimum atomic E-state index is -3.64. The highest BCUT2D eigenvalue weighted by molar-refractivity contribution is 7.89. The number of benzene rings is 1. The van der Waals surface area contributed by atoms with Crippen molar-refractivity contribution in [2.24, 2.45) is 0 Å². The number of carbonyl (C=O) groups excluding carboxylic acids is 1. The second kappa shape index (κ2) is 5.26. The quantitative estimate of drug-likeness (QED) is 0.811. The van der Waals surface area contributed by atoms with Gasteiger partial charge >= 0.3 is 0 Å². The van der Waals surface area contributed by atoms with Gasteiger partial charge in [0.25, 0.3) is 10.0 Å². The maximum atomic E-state index is 11.8. The third-order valence-electron chi connectivity index (χ3n) is 2.07. The summed E-state index contributed by atoms with van der Waals surface area (Å²) < 4.78 is 24.4. The number of rotatable bonds is 4. The van der Waals surface area contributed by atoms with E-state index in [9.17, 15) is 13.2 Å². The van der Waals surface area contributed by atoms with Crippen molar-refractivity contribution in [1.82, 2.24) is 4.47 Å². The van der Waals surface area contributed by atoms with Gasteiger partial charge in [0.2, 0.25) is 5.91 Å². The van der Waals surface area contributed by atoms with E-state index in [1.54, 1.807) is 0 Å². The van der Waals surface area contributed by atoms with E-state index in [1.165, 1.54) is 45.3 Å². The number of nitrogens with zero attached hydrogens (tertiary/aromatic N) is 1. The molecule has 0 unspecified atom stereocenters. The summed E-state index contributed by atoms with van der Waals surface area (Å²) in [6, 6.07) is 5.82. The summed E-state index contributed by atoms with van der Waals surface area (Å²) >= 11 is 0. The van der Waals surface area contributed by atoms with Crippen molar-refractivity contribution in [3.05, 3.63) is 24.3 Å². The highest BCUT2D eigenvalue weighted by Gasteiger charge is 2.20. The van der Waals surface area contributed by atoms with Gasteiger partial charge in [-0.3, -0.25) is 9.63 Å². The van der Waals surface area contributed by atoms with Crippen LogP contribution in [-0.2, 0) is 19.7 Å². The lowest BCUT2D eigenvalue weighted by atomic mass is 10.3. The Kier molecular flexibility index (Phi) is 4.22. The van der Waals surface area contributed by atoms with Crippen LogP contribution in [0.1, 0.15) is 6.92 Å². The molecule has 1 amide bonds. The summed E-state index contributed by atoms with van der Waals surface area (Å²) in [6.45, 7) is 1.38. The topological polar surface area (TPSA) is 75.7 Å². The third kappa shape index (κ3) is 3.26. The van der Waals surface area contributed by atoms with Gasteiger partial charge in [0.05, 0.1) is 12.0 Å². The molecule has 0 aliphatic rings. The van der Waals surface area contributed by atoms with Gasteiger partial charge in [-0.2, -0.15) is 0 Å². The zero-order valence-corrected chi connectivity index (χ0v) is 10.6. The van der Waals surface area contributed by atoms with E-state index >= 15 is 0 Å². The molecule has 17 heavy (non-hydrogen) atoms. The number of hydrogen-bond donors (Lipinski definition) is 1. The van der Waals surface area contributed by atoms with Crippen LogP contribution in [0.5, 0.6) is 0 Å². The summed E-state index contributed by atoms with van der Waals surface area (Å²) in [5, 5.41) is 2.55. The average molecular weight is 258 g/mol. The maximum absolute atomic E-state index is 11.8. The minimum absolute atomic E-state index is 0.0935. The van der Waals surface area contributed by atoms with Gasteiger partial charge in [-0.25, -0.2) is 8.42 Å². The Morgan fingerprint density at radius 2 is 1.82 bits per heavy atom. The van der Waals surface area contributed by atoms with Crippen LogP contribution in [-0.4, -0.2) is 33.0 Å². The Morgan fingerprint density at radius 3 is 2.24 bits per heavy atom. The van der Waals surface area contributed by atoms with Gasteiger partial charge in [-0.15, -0.1) is 0 Å². The van der Waals surface area contributed by atoms with Crippen LogP contribution >= 0.6 is 0 Å². The molecule has 0 saturated carbocycles. The van der Waals surface area contributed by atoms with Crippen molar-refractivity contribution >= 4 is 21.6 Å². The first-order valence-electron chi connectivity index (χ1n) is 4.78. The lowest BCUT2D eigenvalue weighted by Crippen LogP contribution is -2.25. The number of hydroxylamine groups is 1. The van der Waals surface area contributed by atoms with Crippen LogP contribution < -0.4 is 5.32 Å². The smallest absolute Gasteiger partial charge is 0.264 e. The van der Waals surface area contributed by atoms with Gasteiger partial charge < -0.3 is 5.32 Å². The predicted octanol–water partition coefficient (Wildman–Crippen LogP) is 0.827. The molecule has 1 aromatic carbocycles. The molecule has 0 atom stereocenters. The van der Waals surface area contributed by atoms with E-state index < -0.39 is 10.0 Å². The second-order valence-corrected chi connectivity index (χ2v) is 5.24. The normalized spacial score (nSPS) is 11.5. The predicted molar refractivity (Wildman–Crippen MR) is 62.7 cm³/mol. The summed E-state index contributed by atoms with van der Waals surface area (Å²) in [5.41, 5.74) is 0.538. The Morgan fingerprint density at radius 1 is 1.29 bits per heavy atom. The van der Waals surface area contributed by atoms with Crippen molar-refractivity contribution < 1.29 is 18.0 Å². The zero-order chi connectivity index (χ0) is 13.1. The van der Waals surface area contributed by atoms with Crippen LogP contribution in [0.15, 0.2) is 29.2 Å². The van der Waals surface area contributed by atoms with Crippen LogP contribution in [0.4, 0.5) is 5.69 Å². The SMILES string of the molecule is CON(C)S(=O)(=O)c1ccc(NC(C)=O)cc1. The van der Waals surface area contributed by atoms with Crippen molar-refractivity contribution in [2.45, 2.75) is 11.8 Å². The van der Waals surface area contributed by atoms with E-state index in [2.05, 4.69) is 10.2 Å². The Balaban J connectivity index is 2.99. The van der Waals surface area contributed by atoms with E-state index in [-0.39, 0.29) is 10.8 Å². The third-order valence-corrected chi connectivity index (χ3v) is 3.76. The zero-order valence-electron chi connectivity index (χ0n) is 9.80. The van der Waals surface area contributed by atoms with Crippen molar-refractivity contribution in [2.75, 3.05) is 19.5 Å². The van der Waals surface area contributed by atoms with Gasteiger partial charge in [0.1, 0.15) is 0 Å². The number of carbonyl (C=O) groups is 1. The fourth-order valence-corrected chi connectivity index (χ4v) is 2.13. The molecule has 0 aliphatic carbocycles. The van der Waals surface area contributed by atoms with E-state index in [1.807, 2.05) is 0 Å². The van der Waals surface area contributed by atoms with Gasteiger partial charge in [-0.1, -0.05) is 4.47 Å². The molecule has 0 fully saturated rings. The van der Waals surface area contributed by atoms with Crippen LogP contribution in [0, 0.1) is 0 Å². The molecule has 0 bridgehead atoms. The van der Waals surface area contributed by atoms with Crippen molar-refractivity contribution in [3.8, 4) is 0 Å². The molecule has 0 aliphatic heterocycles. The summed E-state index contributed by atoms with van der Waals surface area (Å²) in [6.07, 6.45) is 0. The molecule has 1 N–H and O–H groups in total. The maximum Gasteiger partial charge on any atom is 0.264 e. The van der Waals surface area contributed by atoms with Gasteiger partial charge in [0.15, 0.2) is 0 Å². The van der Waals surface area contributed by atoms with Crippen molar-refractivity contribution in [3.63, 3.8) is 0 Å². The van der Waals surface area contributed by atoms with E-state index in [0.29, 0.717) is 5.69 Å². The molecule has 6 nitrogen and oxygen atoms in total. The molecular weight excluding hydrogens is 244 g/mol. The first kappa shape index (κ1) is 13.6. The second-order valence-electron chi connectivity index (χ2n) is 3.30. The lowest BCUT2D eigenvalue weighted by Gasteiger charge is -2.14. The molecule has 0 spiro atoms. The van der Waals surface area contributed by atoms with Crippen LogP contribution in [0.3, 0.4) is 0 Å². The molecule has 7 heteroatoms. The summed E-state index contributed by atoms with van der Waals surface area (Å²) in [7, 11) is -1.07. The minimum Gasteiger partial charge on any atom is -0.326 e. The molecular formula is C10H14N2O4S. The lowest BCUT2D eigenvalue weighted by molar-refractivity contribution is -0.114. The standard InChI is InChI=1S/C10H14N2O4S/c1-8(13)11-9-4-6-10(7-5-9)17(14,15)12(2)16-3/h4-7H,1-3H3,(H,11,13). The fraction of sp³-hybridized carbons (Fsp3) is 0.300. The number of amides is 1. The highest BCUT2D eigenvalue weighted by Crippen LogP contribution is 2.17. The molecule has 0 heterocycles. The Hall–Kier alpha value is -1.44. The number of sulfonamides is 1. The Labute approximate surface area is 100 Å². The fourth-order valence-electron chi connectivity index (χ4n) is 1.16. The highest BCUT2D eigenvalue weighted by atomic mass is 32.2. The van der Waals surface area contributed by atoms with Crippen LogP contribution in [0.2, 0.25) is 0 Å². The van der Waals surface area contributed by atoms with Crippen LogP contribution in [0.25, 0.3) is 0 Å². The molecule has 0 saturated heterocycles. The average Bonchev–Trinajstić information content (AvgIpc) is 2.27. The summed E-state index contributed by atoms with van der Waals surface area (Å²) in [5.74, 6) is -0.213. The molecule has 0 aromatic heterocycles. The Bertz CT molecular complexity index is 496. The first-order valence-corrected chi connectivity index (χ1v) is 6.22. The monoisotopic (exact) mass is 258 g/mol. The van der Waals surface area contributed by atoms with Gasteiger partial charge in [0, 0.05) is 19.7 Å². The molecule has 1 rings (SSSR count).